The van der Waals surface area contributed by atoms with Gasteiger partial charge in [0.1, 0.15) is 11.2 Å². The number of epoxide rings is 1. The van der Waals surface area contributed by atoms with E-state index >= 15 is 0 Å². The summed E-state index contributed by atoms with van der Waals surface area (Å²) in [5.74, 6) is -0.311. The summed E-state index contributed by atoms with van der Waals surface area (Å²) >= 11 is 0. The first-order valence-corrected chi connectivity index (χ1v) is 6.96. The molecule has 2 aliphatic rings. The Kier molecular flexibility index (Phi) is 3.53. The molecule has 0 radical (unpaired) electrons. The van der Waals surface area contributed by atoms with Crippen LogP contribution in [0.15, 0.2) is 41.7 Å². The largest absolute Gasteiger partial charge is 0.463 e. The SMILES string of the molecule is CCOC(=O)C=C(C)C=CC12OC1(C)C=C=CC2(C)C. The van der Waals surface area contributed by atoms with Gasteiger partial charge in [-0.2, -0.15) is 0 Å². The number of carbonyl (C=O) groups excluding carboxylic acids is 1. The molecule has 1 saturated heterocycles. The van der Waals surface area contributed by atoms with Crippen molar-refractivity contribution >= 4 is 5.97 Å². The summed E-state index contributed by atoms with van der Waals surface area (Å²) in [6.45, 7) is 10.4. The molecular weight excluding hydrogens is 252 g/mol. The number of esters is 1. The number of allylic oxidation sites excluding steroid dienone is 2. The van der Waals surface area contributed by atoms with Crippen LogP contribution >= 0.6 is 0 Å². The molecule has 0 aromatic carbocycles. The molecule has 0 bridgehead atoms. The highest BCUT2D eigenvalue weighted by Crippen LogP contribution is 2.62. The Bertz CT molecular complexity index is 545. The fourth-order valence-electron chi connectivity index (χ4n) is 2.81. The fourth-order valence-corrected chi connectivity index (χ4v) is 2.81. The highest BCUT2D eigenvalue weighted by Gasteiger charge is 2.71. The number of ether oxygens (including phenoxy) is 2. The maximum absolute atomic E-state index is 11.4. The maximum Gasteiger partial charge on any atom is 0.330 e. The number of rotatable bonds is 4. The van der Waals surface area contributed by atoms with Crippen LogP contribution < -0.4 is 0 Å². The van der Waals surface area contributed by atoms with Gasteiger partial charge in [0.2, 0.25) is 0 Å². The first kappa shape index (κ1) is 14.8. The van der Waals surface area contributed by atoms with Crippen molar-refractivity contribution in [1.82, 2.24) is 0 Å². The Labute approximate surface area is 120 Å². The third-order valence-electron chi connectivity index (χ3n) is 4.04. The number of fused-ring (bicyclic) bond motifs is 1. The lowest BCUT2D eigenvalue weighted by Gasteiger charge is -2.29. The average Bonchev–Trinajstić information content (AvgIpc) is 2.95. The summed E-state index contributed by atoms with van der Waals surface area (Å²) in [5, 5.41) is 0. The van der Waals surface area contributed by atoms with E-state index in [0.29, 0.717) is 6.61 Å². The van der Waals surface area contributed by atoms with Crippen LogP contribution in [0, 0.1) is 5.41 Å². The van der Waals surface area contributed by atoms with Gasteiger partial charge >= 0.3 is 5.97 Å². The Morgan fingerprint density at radius 1 is 1.35 bits per heavy atom. The van der Waals surface area contributed by atoms with Crippen molar-refractivity contribution < 1.29 is 14.3 Å². The van der Waals surface area contributed by atoms with E-state index in [1.807, 2.05) is 31.2 Å². The molecule has 1 aliphatic heterocycles. The topological polar surface area (TPSA) is 38.8 Å². The summed E-state index contributed by atoms with van der Waals surface area (Å²) in [4.78, 5) is 11.4. The third kappa shape index (κ3) is 2.28. The second-order valence-corrected chi connectivity index (χ2v) is 6.10. The molecule has 1 aliphatic carbocycles. The van der Waals surface area contributed by atoms with Gasteiger partial charge < -0.3 is 9.47 Å². The first-order chi connectivity index (χ1) is 9.26. The molecule has 20 heavy (non-hydrogen) atoms. The molecule has 1 heterocycles. The molecule has 1 fully saturated rings. The third-order valence-corrected chi connectivity index (χ3v) is 4.04. The van der Waals surface area contributed by atoms with E-state index in [1.165, 1.54) is 6.08 Å². The van der Waals surface area contributed by atoms with E-state index < -0.39 is 0 Å². The minimum atomic E-state index is -0.352. The van der Waals surface area contributed by atoms with Crippen molar-refractivity contribution in [3.8, 4) is 0 Å². The Hall–Kier alpha value is -1.57. The van der Waals surface area contributed by atoms with E-state index in [4.69, 9.17) is 9.47 Å². The highest BCUT2D eigenvalue weighted by atomic mass is 16.6. The van der Waals surface area contributed by atoms with Crippen molar-refractivity contribution in [1.29, 1.82) is 0 Å². The van der Waals surface area contributed by atoms with Crippen LogP contribution in [0.1, 0.15) is 34.6 Å². The van der Waals surface area contributed by atoms with Crippen LogP contribution in [0.2, 0.25) is 0 Å². The molecule has 3 heteroatoms. The van der Waals surface area contributed by atoms with Gasteiger partial charge in [0.15, 0.2) is 0 Å². The lowest BCUT2D eigenvalue weighted by atomic mass is 9.69. The normalized spacial score (nSPS) is 34.1. The molecule has 0 spiro atoms. The van der Waals surface area contributed by atoms with Crippen molar-refractivity contribution in [2.24, 2.45) is 5.41 Å². The van der Waals surface area contributed by atoms with Crippen LogP contribution in [0.5, 0.6) is 0 Å². The minimum Gasteiger partial charge on any atom is -0.463 e. The van der Waals surface area contributed by atoms with Crippen LogP contribution in [-0.4, -0.2) is 23.8 Å². The number of hydrogen-bond donors (Lipinski definition) is 0. The van der Waals surface area contributed by atoms with E-state index in [1.54, 1.807) is 6.92 Å². The zero-order valence-electron chi connectivity index (χ0n) is 12.8. The van der Waals surface area contributed by atoms with Crippen LogP contribution in [0.25, 0.3) is 0 Å². The van der Waals surface area contributed by atoms with E-state index in [-0.39, 0.29) is 22.6 Å². The van der Waals surface area contributed by atoms with Gasteiger partial charge in [-0.05, 0) is 44.6 Å². The van der Waals surface area contributed by atoms with Crippen molar-refractivity contribution in [2.75, 3.05) is 6.61 Å². The number of carbonyl (C=O) groups is 1. The Balaban J connectivity index is 2.17. The van der Waals surface area contributed by atoms with Gasteiger partial charge in [0, 0.05) is 11.5 Å². The van der Waals surface area contributed by atoms with Gasteiger partial charge in [-0.1, -0.05) is 19.9 Å². The molecule has 0 aromatic heterocycles. The second-order valence-electron chi connectivity index (χ2n) is 6.10. The molecule has 108 valence electrons. The Morgan fingerprint density at radius 3 is 2.65 bits per heavy atom. The predicted octanol–water partition coefficient (Wildman–Crippen LogP) is 3.33. The van der Waals surface area contributed by atoms with Gasteiger partial charge in [0.25, 0.3) is 0 Å². The molecule has 0 amide bonds. The van der Waals surface area contributed by atoms with Crippen molar-refractivity contribution in [3.63, 3.8) is 0 Å². The average molecular weight is 274 g/mol. The van der Waals surface area contributed by atoms with E-state index in [9.17, 15) is 4.79 Å². The van der Waals surface area contributed by atoms with Crippen LogP contribution in [-0.2, 0) is 14.3 Å². The molecular formula is C17H22O3. The van der Waals surface area contributed by atoms with Gasteiger partial charge in [-0.25, -0.2) is 4.79 Å². The summed E-state index contributed by atoms with van der Waals surface area (Å²) in [6.07, 6.45) is 9.48. The van der Waals surface area contributed by atoms with Crippen LogP contribution in [0.3, 0.4) is 0 Å². The fraction of sp³-hybridized carbons (Fsp3) is 0.529. The standard InChI is InChI=1S/C17H22O3/c1-6-19-14(18)12-13(2)8-11-17-15(3,4)9-7-10-16(17,5)20-17/h8-12H,6H2,1-5H3. The molecule has 0 saturated carbocycles. The molecule has 2 unspecified atom stereocenters. The molecule has 2 rings (SSSR count). The lowest BCUT2D eigenvalue weighted by Crippen LogP contribution is -2.36. The first-order valence-electron chi connectivity index (χ1n) is 6.96. The van der Waals surface area contributed by atoms with E-state index in [0.717, 1.165) is 5.57 Å². The van der Waals surface area contributed by atoms with Crippen molar-refractivity contribution in [2.45, 2.75) is 45.8 Å². The van der Waals surface area contributed by atoms with Crippen molar-refractivity contribution in [3.05, 3.63) is 41.7 Å². The zero-order chi connectivity index (χ0) is 15.0. The molecule has 0 aromatic rings. The van der Waals surface area contributed by atoms with Gasteiger partial charge in [0.05, 0.1) is 6.61 Å². The quantitative estimate of drug-likeness (QED) is 0.259. The smallest absolute Gasteiger partial charge is 0.330 e. The highest BCUT2D eigenvalue weighted by molar-refractivity contribution is 5.83. The second kappa shape index (κ2) is 4.76. The maximum atomic E-state index is 11.4. The molecule has 2 atom stereocenters. The predicted molar refractivity (Wildman–Crippen MR) is 78.2 cm³/mol. The van der Waals surface area contributed by atoms with Gasteiger partial charge in [-0.15, -0.1) is 5.73 Å². The number of hydrogen-bond acceptors (Lipinski definition) is 3. The van der Waals surface area contributed by atoms with Crippen LogP contribution in [0.4, 0.5) is 0 Å². The Morgan fingerprint density at radius 2 is 2.05 bits per heavy atom. The summed E-state index contributed by atoms with van der Waals surface area (Å²) in [7, 11) is 0. The monoisotopic (exact) mass is 274 g/mol. The minimum absolute atomic E-state index is 0.128. The van der Waals surface area contributed by atoms with E-state index in [2.05, 4.69) is 26.5 Å². The summed E-state index contributed by atoms with van der Waals surface area (Å²) in [6, 6.07) is 0. The van der Waals surface area contributed by atoms with Gasteiger partial charge in [-0.3, -0.25) is 0 Å². The lowest BCUT2D eigenvalue weighted by molar-refractivity contribution is -0.137. The summed E-state index contributed by atoms with van der Waals surface area (Å²) in [5.41, 5.74) is 3.24. The molecule has 0 N–H and O–H groups in total. The molecule has 3 nitrogen and oxygen atoms in total. The zero-order valence-corrected chi connectivity index (χ0v) is 12.8. The summed E-state index contributed by atoms with van der Waals surface area (Å²) < 4.78 is 10.9.